The van der Waals surface area contributed by atoms with Crippen molar-refractivity contribution in [3.8, 4) is 11.5 Å². The number of aryl methyl sites for hydroxylation is 2. The summed E-state index contributed by atoms with van der Waals surface area (Å²) < 4.78 is 0. The molecule has 0 spiro atoms. The van der Waals surface area contributed by atoms with Crippen LogP contribution in [0.25, 0.3) is 0 Å². The summed E-state index contributed by atoms with van der Waals surface area (Å²) in [6.45, 7) is 10.9. The fraction of sp³-hybridized carbons (Fsp3) is 0.478. The summed E-state index contributed by atoms with van der Waals surface area (Å²) in [5.41, 5.74) is 4.00. The monoisotopic (exact) mass is 338 g/mol. The van der Waals surface area contributed by atoms with Crippen molar-refractivity contribution in [2.75, 3.05) is 0 Å². The maximum atomic E-state index is 10.9. The molecule has 0 saturated heterocycles. The summed E-state index contributed by atoms with van der Waals surface area (Å²) in [6.07, 6.45) is 3.20. The third kappa shape index (κ3) is 3.15. The lowest BCUT2D eigenvalue weighted by atomic mass is 9.55. The van der Waals surface area contributed by atoms with Gasteiger partial charge in [-0.25, -0.2) is 0 Å². The van der Waals surface area contributed by atoms with Crippen molar-refractivity contribution < 1.29 is 10.2 Å². The Balaban J connectivity index is 2.28. The van der Waals surface area contributed by atoms with E-state index in [9.17, 15) is 10.2 Å². The number of benzene rings is 2. The lowest BCUT2D eigenvalue weighted by Crippen LogP contribution is -2.41. The molecule has 0 radical (unpaired) electrons. The molecule has 25 heavy (non-hydrogen) atoms. The van der Waals surface area contributed by atoms with Crippen LogP contribution >= 0.6 is 0 Å². The molecule has 1 fully saturated rings. The van der Waals surface area contributed by atoms with E-state index in [1.54, 1.807) is 6.07 Å². The molecule has 2 aromatic carbocycles. The first-order valence-corrected chi connectivity index (χ1v) is 9.24. The minimum absolute atomic E-state index is 0.194. The summed E-state index contributed by atoms with van der Waals surface area (Å²) in [5, 5.41) is 20.9. The van der Waals surface area contributed by atoms with Crippen LogP contribution in [-0.2, 0) is 5.41 Å². The molecule has 1 aliphatic rings. The molecule has 0 aromatic heterocycles. The first-order chi connectivity index (χ1) is 11.6. The van der Waals surface area contributed by atoms with Crippen LogP contribution in [0.1, 0.15) is 62.3 Å². The van der Waals surface area contributed by atoms with Crippen LogP contribution < -0.4 is 0 Å². The topological polar surface area (TPSA) is 40.5 Å². The predicted octanol–water partition coefficient (Wildman–Crippen LogP) is 5.85. The summed E-state index contributed by atoms with van der Waals surface area (Å²) in [6, 6.07) is 12.0. The number of phenols is 2. The van der Waals surface area contributed by atoms with E-state index in [0.29, 0.717) is 17.4 Å². The van der Waals surface area contributed by atoms with E-state index < -0.39 is 0 Å². The highest BCUT2D eigenvalue weighted by Crippen LogP contribution is 2.55. The smallest absolute Gasteiger partial charge is 0.122 e. The average Bonchev–Trinajstić information content (AvgIpc) is 2.50. The highest BCUT2D eigenvalue weighted by atomic mass is 16.3. The SMILES string of the molecule is Cc1cc(C2(c3cccc(C)c3O)CC(C)CC(C)(C)C2)ccc1O. The molecular weight excluding hydrogens is 308 g/mol. The van der Waals surface area contributed by atoms with Gasteiger partial charge in [-0.3, -0.25) is 0 Å². The molecule has 2 aromatic rings. The summed E-state index contributed by atoms with van der Waals surface area (Å²) in [5.74, 6) is 1.31. The van der Waals surface area contributed by atoms with E-state index in [4.69, 9.17) is 0 Å². The fourth-order valence-corrected chi connectivity index (χ4v) is 5.15. The molecule has 0 amide bonds. The maximum Gasteiger partial charge on any atom is 0.122 e. The molecule has 0 aliphatic heterocycles. The zero-order valence-electron chi connectivity index (χ0n) is 16.1. The predicted molar refractivity (Wildman–Crippen MR) is 103 cm³/mol. The van der Waals surface area contributed by atoms with Crippen LogP contribution in [0, 0.1) is 25.2 Å². The molecule has 0 heterocycles. The van der Waals surface area contributed by atoms with E-state index in [1.807, 2.05) is 32.0 Å². The van der Waals surface area contributed by atoms with Gasteiger partial charge in [0.05, 0.1) is 0 Å². The van der Waals surface area contributed by atoms with Gasteiger partial charge in [-0.1, -0.05) is 51.1 Å². The Bertz CT molecular complexity index is 791. The van der Waals surface area contributed by atoms with Gasteiger partial charge in [0.1, 0.15) is 11.5 Å². The van der Waals surface area contributed by atoms with Gasteiger partial charge >= 0.3 is 0 Å². The Hall–Kier alpha value is -1.96. The van der Waals surface area contributed by atoms with Gasteiger partial charge in [-0.2, -0.15) is 0 Å². The number of aromatic hydroxyl groups is 2. The standard InChI is InChI=1S/C23H30O2/c1-15-12-22(4,5)14-23(13-15,18-9-10-20(24)17(3)11-18)19-8-6-7-16(2)21(19)25/h6-11,15,24-25H,12-14H2,1-5H3. The third-order valence-corrected chi connectivity index (χ3v) is 5.88. The summed E-state index contributed by atoms with van der Waals surface area (Å²) in [4.78, 5) is 0. The van der Waals surface area contributed by atoms with Crippen molar-refractivity contribution in [1.29, 1.82) is 0 Å². The third-order valence-electron chi connectivity index (χ3n) is 5.88. The minimum atomic E-state index is -0.226. The lowest BCUT2D eigenvalue weighted by Gasteiger charge is -2.49. The van der Waals surface area contributed by atoms with Crippen molar-refractivity contribution in [3.05, 3.63) is 58.7 Å². The molecule has 1 aliphatic carbocycles. The maximum absolute atomic E-state index is 10.9. The molecule has 2 heteroatoms. The fourth-order valence-electron chi connectivity index (χ4n) is 5.15. The number of rotatable bonds is 2. The normalized spacial score (nSPS) is 25.7. The zero-order chi connectivity index (χ0) is 18.4. The van der Waals surface area contributed by atoms with E-state index in [1.165, 1.54) is 12.0 Å². The van der Waals surface area contributed by atoms with Crippen LogP contribution in [0.2, 0.25) is 0 Å². The van der Waals surface area contributed by atoms with Crippen LogP contribution in [0.5, 0.6) is 11.5 Å². The van der Waals surface area contributed by atoms with E-state index in [-0.39, 0.29) is 10.8 Å². The van der Waals surface area contributed by atoms with Crippen LogP contribution in [0.4, 0.5) is 0 Å². The summed E-state index contributed by atoms with van der Waals surface area (Å²) in [7, 11) is 0. The Morgan fingerprint density at radius 1 is 0.960 bits per heavy atom. The van der Waals surface area contributed by atoms with Crippen molar-refractivity contribution >= 4 is 0 Å². The van der Waals surface area contributed by atoms with Gasteiger partial charge < -0.3 is 10.2 Å². The van der Waals surface area contributed by atoms with E-state index in [2.05, 4.69) is 32.9 Å². The lowest BCUT2D eigenvalue weighted by molar-refractivity contribution is 0.125. The van der Waals surface area contributed by atoms with Crippen molar-refractivity contribution in [3.63, 3.8) is 0 Å². The van der Waals surface area contributed by atoms with Crippen molar-refractivity contribution in [1.82, 2.24) is 0 Å². The second-order valence-corrected chi connectivity index (χ2v) is 8.91. The van der Waals surface area contributed by atoms with E-state index >= 15 is 0 Å². The molecule has 3 rings (SSSR count). The van der Waals surface area contributed by atoms with Gasteiger partial charge in [-0.15, -0.1) is 0 Å². The highest BCUT2D eigenvalue weighted by Gasteiger charge is 2.46. The quantitative estimate of drug-likeness (QED) is 0.721. The Morgan fingerprint density at radius 3 is 2.32 bits per heavy atom. The van der Waals surface area contributed by atoms with Gasteiger partial charge in [0.25, 0.3) is 0 Å². The molecule has 2 nitrogen and oxygen atoms in total. The van der Waals surface area contributed by atoms with Crippen LogP contribution in [0.3, 0.4) is 0 Å². The molecule has 134 valence electrons. The molecule has 0 bridgehead atoms. The van der Waals surface area contributed by atoms with Crippen LogP contribution in [-0.4, -0.2) is 10.2 Å². The molecular formula is C23H30O2. The molecule has 2 unspecified atom stereocenters. The first kappa shape index (κ1) is 17.8. The number of hydrogen-bond acceptors (Lipinski definition) is 2. The second kappa shape index (κ2) is 6.09. The van der Waals surface area contributed by atoms with Gasteiger partial charge in [-0.05, 0) is 67.2 Å². The average molecular weight is 338 g/mol. The van der Waals surface area contributed by atoms with Gasteiger partial charge in [0, 0.05) is 11.0 Å². The Labute approximate surface area is 151 Å². The number of phenolic OH excluding ortho intramolecular Hbond substituents is 2. The Morgan fingerprint density at radius 2 is 1.68 bits per heavy atom. The number of para-hydroxylation sites is 1. The molecule has 2 N–H and O–H groups in total. The van der Waals surface area contributed by atoms with E-state index in [0.717, 1.165) is 29.5 Å². The Kier molecular flexibility index (Phi) is 4.35. The van der Waals surface area contributed by atoms with Gasteiger partial charge in [0.2, 0.25) is 0 Å². The van der Waals surface area contributed by atoms with Crippen molar-refractivity contribution in [2.24, 2.45) is 11.3 Å². The summed E-state index contributed by atoms with van der Waals surface area (Å²) >= 11 is 0. The highest BCUT2D eigenvalue weighted by molar-refractivity contribution is 5.52. The largest absolute Gasteiger partial charge is 0.508 e. The van der Waals surface area contributed by atoms with Gasteiger partial charge in [0.15, 0.2) is 0 Å². The molecule has 1 saturated carbocycles. The second-order valence-electron chi connectivity index (χ2n) is 8.91. The molecule has 2 atom stereocenters. The number of hydrogen-bond donors (Lipinski definition) is 2. The van der Waals surface area contributed by atoms with Crippen molar-refractivity contribution in [2.45, 2.75) is 59.3 Å². The van der Waals surface area contributed by atoms with Crippen LogP contribution in [0.15, 0.2) is 36.4 Å². The minimum Gasteiger partial charge on any atom is -0.508 e. The zero-order valence-corrected chi connectivity index (χ0v) is 16.1. The first-order valence-electron chi connectivity index (χ1n) is 9.24.